The maximum atomic E-state index is 7.55. The number of unbranched alkanes of at least 4 members (excludes halogenated alkanes) is 1. The second-order valence-corrected chi connectivity index (χ2v) is 13.9. The van der Waals surface area contributed by atoms with Crippen molar-refractivity contribution >= 4 is 30.4 Å². The van der Waals surface area contributed by atoms with Crippen molar-refractivity contribution in [3.05, 3.63) is 41.0 Å². The highest BCUT2D eigenvalue weighted by Gasteiger charge is 2.49. The number of halogens is 1. The largest absolute Gasteiger partial charge is 0.212 e. The summed E-state index contributed by atoms with van der Waals surface area (Å²) in [4.78, 5) is 0. The van der Waals surface area contributed by atoms with Crippen LogP contribution < -0.4 is 5.19 Å². The third-order valence-corrected chi connectivity index (χ3v) is 13.0. The SMILES string of the molecule is CCCCC1=C(B2C3CCCC2CCC3)CC[Si@@]1(Cl)c1ccccc1. The Kier molecular flexibility index (Phi) is 5.48. The maximum Gasteiger partial charge on any atom is 0.212 e. The Morgan fingerprint density at radius 3 is 2.28 bits per heavy atom. The molecule has 2 saturated heterocycles. The van der Waals surface area contributed by atoms with Crippen LogP contribution >= 0.6 is 11.1 Å². The van der Waals surface area contributed by atoms with E-state index in [2.05, 4.69) is 37.3 Å². The molecule has 0 aromatic heterocycles. The summed E-state index contributed by atoms with van der Waals surface area (Å²) in [5, 5.41) is 3.24. The van der Waals surface area contributed by atoms with Gasteiger partial charge in [0.1, 0.15) is 0 Å². The molecule has 0 N–H and O–H groups in total. The first-order valence-corrected chi connectivity index (χ1v) is 13.9. The molecule has 3 aliphatic heterocycles. The van der Waals surface area contributed by atoms with E-state index in [0.717, 1.165) is 18.3 Å². The van der Waals surface area contributed by atoms with E-state index < -0.39 is 7.38 Å². The quantitative estimate of drug-likeness (QED) is 0.402. The molecule has 0 amide bonds. The third-order valence-electron chi connectivity index (χ3n) is 7.33. The van der Waals surface area contributed by atoms with Gasteiger partial charge in [-0.05, 0) is 24.1 Å². The van der Waals surface area contributed by atoms with Gasteiger partial charge < -0.3 is 0 Å². The predicted octanol–water partition coefficient (Wildman–Crippen LogP) is 6.65. The van der Waals surface area contributed by atoms with Gasteiger partial charge in [0, 0.05) is 0 Å². The summed E-state index contributed by atoms with van der Waals surface area (Å²) in [6.45, 7) is 3.22. The van der Waals surface area contributed by atoms with Crippen LogP contribution in [0, 0.1) is 0 Å². The molecule has 2 fully saturated rings. The molecule has 134 valence electrons. The summed E-state index contributed by atoms with van der Waals surface area (Å²) in [6, 6.07) is 12.4. The van der Waals surface area contributed by atoms with E-state index in [1.807, 2.05) is 5.47 Å². The molecule has 2 bridgehead atoms. The Balaban J connectivity index is 1.74. The van der Waals surface area contributed by atoms with Gasteiger partial charge in [0.05, 0.1) is 0 Å². The molecule has 1 aromatic carbocycles. The molecule has 0 spiro atoms. The molecule has 0 unspecified atom stereocenters. The number of benzene rings is 1. The van der Waals surface area contributed by atoms with E-state index in [0.29, 0.717) is 0 Å². The van der Waals surface area contributed by atoms with Crippen LogP contribution in [0.15, 0.2) is 41.0 Å². The Morgan fingerprint density at radius 2 is 1.68 bits per heavy atom. The Bertz CT molecular complexity index is 606. The fraction of sp³-hybridized carbons (Fsp3) is 0.636. The van der Waals surface area contributed by atoms with Gasteiger partial charge in [0.25, 0.3) is 0 Å². The topological polar surface area (TPSA) is 0 Å². The van der Waals surface area contributed by atoms with Gasteiger partial charge in [-0.1, -0.05) is 105 Å². The number of hydrogen-bond acceptors (Lipinski definition) is 0. The minimum atomic E-state index is -1.97. The molecule has 3 heteroatoms. The minimum absolute atomic E-state index is 0.895. The first-order chi connectivity index (χ1) is 12.2. The predicted molar refractivity (Wildman–Crippen MR) is 115 cm³/mol. The second kappa shape index (κ2) is 7.64. The van der Waals surface area contributed by atoms with Crippen LogP contribution in [-0.4, -0.2) is 14.1 Å². The van der Waals surface area contributed by atoms with Crippen molar-refractivity contribution in [2.75, 3.05) is 0 Å². The van der Waals surface area contributed by atoms with Crippen LogP contribution in [0.1, 0.15) is 71.1 Å². The Labute approximate surface area is 160 Å². The van der Waals surface area contributed by atoms with E-state index in [1.54, 1.807) is 5.20 Å². The van der Waals surface area contributed by atoms with Gasteiger partial charge in [-0.15, -0.1) is 5.47 Å². The third kappa shape index (κ3) is 3.30. The standard InChI is InChI=1S/C22H32BClSi/c1-2-3-15-22-21(23-18-9-7-10-19(23)12-8-11-18)16-17-25(22,24)20-13-5-4-6-14-20/h4-6,13-14,18-19H,2-3,7-12,15-17H2,1H3/t18?,19?,25-/m1/s1. The van der Waals surface area contributed by atoms with Crippen LogP contribution in [0.25, 0.3) is 0 Å². The van der Waals surface area contributed by atoms with Crippen LogP contribution in [0.5, 0.6) is 0 Å². The lowest BCUT2D eigenvalue weighted by molar-refractivity contribution is 0.445. The molecule has 3 heterocycles. The summed E-state index contributed by atoms with van der Waals surface area (Å²) in [7, 11) is -1.97. The van der Waals surface area contributed by atoms with Crippen LogP contribution in [0.3, 0.4) is 0 Å². The number of hydrogen-bond donors (Lipinski definition) is 0. The highest BCUT2D eigenvalue weighted by atomic mass is 35.6. The van der Waals surface area contributed by atoms with E-state index in [9.17, 15) is 0 Å². The summed E-state index contributed by atoms with van der Waals surface area (Å²) < 4.78 is 0. The number of allylic oxidation sites excluding steroid dienone is 2. The minimum Gasteiger partial charge on any atom is -0.155 e. The lowest BCUT2D eigenvalue weighted by Gasteiger charge is -2.42. The molecular formula is C22H32BClSi. The van der Waals surface area contributed by atoms with Crippen LogP contribution in [0.4, 0.5) is 0 Å². The number of rotatable bonds is 5. The molecule has 4 rings (SSSR count). The normalized spacial score (nSPS) is 32.3. The monoisotopic (exact) mass is 370 g/mol. The zero-order valence-corrected chi connectivity index (χ0v) is 17.5. The van der Waals surface area contributed by atoms with Crippen molar-refractivity contribution in [3.8, 4) is 0 Å². The van der Waals surface area contributed by atoms with E-state index in [1.165, 1.54) is 75.4 Å². The van der Waals surface area contributed by atoms with Gasteiger partial charge >= 0.3 is 0 Å². The molecule has 1 aromatic rings. The smallest absolute Gasteiger partial charge is 0.155 e. The molecular weight excluding hydrogens is 339 g/mol. The highest BCUT2D eigenvalue weighted by Crippen LogP contribution is 2.53. The molecule has 0 aliphatic carbocycles. The van der Waals surface area contributed by atoms with Gasteiger partial charge in [0.2, 0.25) is 7.38 Å². The first kappa shape index (κ1) is 17.9. The second-order valence-electron chi connectivity index (χ2n) is 8.68. The van der Waals surface area contributed by atoms with Crippen molar-refractivity contribution in [3.63, 3.8) is 0 Å². The van der Waals surface area contributed by atoms with Gasteiger partial charge in [0.15, 0.2) is 6.71 Å². The molecule has 0 radical (unpaired) electrons. The van der Waals surface area contributed by atoms with Crippen LogP contribution in [-0.2, 0) is 0 Å². The maximum absolute atomic E-state index is 7.55. The number of fused-ring (bicyclic) bond motifs is 2. The van der Waals surface area contributed by atoms with E-state index >= 15 is 0 Å². The summed E-state index contributed by atoms with van der Waals surface area (Å²) in [5.41, 5.74) is 1.87. The summed E-state index contributed by atoms with van der Waals surface area (Å²) in [5.74, 6) is 1.95. The van der Waals surface area contributed by atoms with Crippen molar-refractivity contribution in [1.29, 1.82) is 0 Å². The average Bonchev–Trinajstić information content (AvgIpc) is 2.97. The molecule has 1 atom stereocenters. The fourth-order valence-corrected chi connectivity index (χ4v) is 11.2. The van der Waals surface area contributed by atoms with Gasteiger partial charge in [-0.2, -0.15) is 11.1 Å². The lowest BCUT2D eigenvalue weighted by atomic mass is 9.24. The van der Waals surface area contributed by atoms with Gasteiger partial charge in [-0.3, -0.25) is 0 Å². The summed E-state index contributed by atoms with van der Waals surface area (Å²) in [6.07, 6.45) is 14.0. The van der Waals surface area contributed by atoms with Crippen molar-refractivity contribution in [1.82, 2.24) is 0 Å². The van der Waals surface area contributed by atoms with Crippen molar-refractivity contribution < 1.29 is 0 Å². The van der Waals surface area contributed by atoms with Crippen LogP contribution in [0.2, 0.25) is 17.7 Å². The molecule has 0 nitrogen and oxygen atoms in total. The zero-order valence-electron chi connectivity index (χ0n) is 15.8. The van der Waals surface area contributed by atoms with Crippen molar-refractivity contribution in [2.24, 2.45) is 0 Å². The van der Waals surface area contributed by atoms with E-state index in [4.69, 9.17) is 11.1 Å². The van der Waals surface area contributed by atoms with Gasteiger partial charge in [-0.25, -0.2) is 0 Å². The zero-order chi connectivity index (χ0) is 17.3. The average molecular weight is 371 g/mol. The Morgan fingerprint density at radius 1 is 1.04 bits per heavy atom. The summed E-state index contributed by atoms with van der Waals surface area (Å²) >= 11 is 7.55. The van der Waals surface area contributed by atoms with E-state index in [-0.39, 0.29) is 0 Å². The molecule has 25 heavy (non-hydrogen) atoms. The van der Waals surface area contributed by atoms with Crippen molar-refractivity contribution in [2.45, 2.75) is 88.8 Å². The lowest BCUT2D eigenvalue weighted by Crippen LogP contribution is -2.43. The molecule has 3 aliphatic rings. The first-order valence-electron chi connectivity index (χ1n) is 10.7. The Hall–Kier alpha value is -0.468. The fourth-order valence-electron chi connectivity index (χ4n) is 6.21. The highest BCUT2D eigenvalue weighted by molar-refractivity contribution is 7.31. The molecule has 0 saturated carbocycles.